The molecule has 0 aliphatic carbocycles. The molecule has 1 saturated heterocycles. The molecule has 0 unspecified atom stereocenters. The zero-order valence-electron chi connectivity index (χ0n) is 18.9. The summed E-state index contributed by atoms with van der Waals surface area (Å²) in [4.78, 5) is 18.7. The molecule has 2 heterocycles. The second-order valence-electron chi connectivity index (χ2n) is 9.07. The summed E-state index contributed by atoms with van der Waals surface area (Å²) in [5.41, 5.74) is 2.59. The number of aromatic amines is 1. The van der Waals surface area contributed by atoms with Crippen LogP contribution in [0.2, 0.25) is 5.02 Å². The van der Waals surface area contributed by atoms with Gasteiger partial charge in [0.15, 0.2) is 0 Å². The number of hydrogen-bond acceptors (Lipinski definition) is 3. The normalized spacial score (nSPS) is 16.5. The fraction of sp³-hybridized carbons (Fsp3) is 0.423. The van der Waals surface area contributed by atoms with Gasteiger partial charge in [0.2, 0.25) is 0 Å². The molecule has 1 amide bonds. The van der Waals surface area contributed by atoms with Crippen LogP contribution in [0, 0.1) is 5.92 Å². The van der Waals surface area contributed by atoms with Gasteiger partial charge in [0.1, 0.15) is 0 Å². The van der Waals surface area contributed by atoms with Crippen molar-refractivity contribution in [2.45, 2.75) is 38.8 Å². The Labute approximate surface area is 195 Å². The van der Waals surface area contributed by atoms with Crippen LogP contribution in [0.4, 0.5) is 0 Å². The van der Waals surface area contributed by atoms with Crippen molar-refractivity contribution in [1.82, 2.24) is 20.5 Å². The first kappa shape index (κ1) is 22.8. The van der Waals surface area contributed by atoms with Gasteiger partial charge in [0, 0.05) is 35.2 Å². The van der Waals surface area contributed by atoms with Crippen molar-refractivity contribution in [3.05, 3.63) is 70.9 Å². The van der Waals surface area contributed by atoms with Gasteiger partial charge in [0.25, 0.3) is 5.91 Å². The zero-order valence-corrected chi connectivity index (χ0v) is 19.7. The van der Waals surface area contributed by atoms with Gasteiger partial charge in [0.05, 0.1) is 11.1 Å². The highest BCUT2D eigenvalue weighted by molar-refractivity contribution is 6.35. The molecule has 4 rings (SSSR count). The number of hydrogen-bond donors (Lipinski definition) is 3. The molecule has 0 spiro atoms. The van der Waals surface area contributed by atoms with Crippen molar-refractivity contribution in [2.24, 2.45) is 5.92 Å². The van der Waals surface area contributed by atoms with Gasteiger partial charge in [-0.25, -0.2) is 0 Å². The highest BCUT2D eigenvalue weighted by Crippen LogP contribution is 2.24. The number of likely N-dealkylation sites (tertiary alicyclic amines) is 1. The first-order chi connectivity index (χ1) is 15.5. The molecule has 6 heteroatoms. The molecule has 1 fully saturated rings. The summed E-state index contributed by atoms with van der Waals surface area (Å²) >= 11 is 6.17. The van der Waals surface area contributed by atoms with E-state index in [9.17, 15) is 4.79 Å². The lowest BCUT2D eigenvalue weighted by atomic mass is 9.95. The first-order valence-corrected chi connectivity index (χ1v) is 12.0. The maximum atomic E-state index is 13.1. The monoisotopic (exact) mass is 452 g/mol. The minimum Gasteiger partial charge on any atom is -0.360 e. The number of amides is 1. The van der Waals surface area contributed by atoms with Gasteiger partial charge in [-0.3, -0.25) is 4.79 Å². The van der Waals surface area contributed by atoms with Crippen LogP contribution >= 0.6 is 11.6 Å². The molecule has 0 saturated carbocycles. The highest BCUT2D eigenvalue weighted by Gasteiger charge is 2.22. The van der Waals surface area contributed by atoms with Crippen molar-refractivity contribution < 1.29 is 4.79 Å². The molecular weight excluding hydrogens is 420 g/mol. The standard InChI is InChI=1S/C26H33ClN4O/c1-18(2)31-12-10-19(11-13-31)15-28-17-25(20-6-4-3-5-7-20)30-26(32)21-8-9-22-23(27)16-29-24(22)14-21/h3-9,14,16,18-19,25,28-29H,10-13,15,17H2,1-2H3,(H,30,32)/t25-/m0/s1. The van der Waals surface area contributed by atoms with E-state index in [0.29, 0.717) is 29.1 Å². The van der Waals surface area contributed by atoms with E-state index in [1.54, 1.807) is 6.20 Å². The number of carbonyl (C=O) groups is 1. The van der Waals surface area contributed by atoms with Crippen LogP contribution in [-0.4, -0.2) is 48.0 Å². The lowest BCUT2D eigenvalue weighted by Crippen LogP contribution is -2.42. The van der Waals surface area contributed by atoms with E-state index in [0.717, 1.165) is 23.0 Å². The minimum atomic E-state index is -0.0950. The third-order valence-corrected chi connectivity index (χ3v) is 6.87. The quantitative estimate of drug-likeness (QED) is 0.450. The number of carbonyl (C=O) groups excluding carboxylic acids is 1. The Morgan fingerprint density at radius 1 is 1.16 bits per heavy atom. The number of piperidine rings is 1. The average Bonchev–Trinajstić information content (AvgIpc) is 3.19. The first-order valence-electron chi connectivity index (χ1n) is 11.6. The SMILES string of the molecule is CC(C)N1CCC(CNC[C@H](NC(=O)c2ccc3c(Cl)c[nH]c3c2)c2ccccc2)CC1. The van der Waals surface area contributed by atoms with Crippen molar-refractivity contribution in [3.8, 4) is 0 Å². The van der Waals surface area contributed by atoms with E-state index < -0.39 is 0 Å². The smallest absolute Gasteiger partial charge is 0.251 e. The summed E-state index contributed by atoms with van der Waals surface area (Å²) in [6.45, 7) is 8.58. The number of aromatic nitrogens is 1. The molecule has 1 aromatic heterocycles. The fourth-order valence-electron chi connectivity index (χ4n) is 4.52. The molecule has 3 aromatic rings. The Kier molecular flexibility index (Phi) is 7.51. The summed E-state index contributed by atoms with van der Waals surface area (Å²) in [5.74, 6) is 0.607. The molecule has 32 heavy (non-hydrogen) atoms. The largest absolute Gasteiger partial charge is 0.360 e. The molecule has 2 aromatic carbocycles. The molecule has 1 aliphatic heterocycles. The Hall–Kier alpha value is -2.34. The predicted molar refractivity (Wildman–Crippen MR) is 132 cm³/mol. The van der Waals surface area contributed by atoms with E-state index in [-0.39, 0.29) is 11.9 Å². The van der Waals surface area contributed by atoms with Crippen LogP contribution in [0.15, 0.2) is 54.7 Å². The number of nitrogens with zero attached hydrogens (tertiary/aromatic N) is 1. The van der Waals surface area contributed by atoms with E-state index in [4.69, 9.17) is 11.6 Å². The van der Waals surface area contributed by atoms with Crippen molar-refractivity contribution in [2.75, 3.05) is 26.2 Å². The molecule has 3 N–H and O–H groups in total. The Morgan fingerprint density at radius 2 is 1.91 bits per heavy atom. The third-order valence-electron chi connectivity index (χ3n) is 6.56. The van der Waals surface area contributed by atoms with Gasteiger partial charge in [-0.2, -0.15) is 0 Å². The molecule has 0 bridgehead atoms. The maximum Gasteiger partial charge on any atom is 0.251 e. The van der Waals surface area contributed by atoms with Gasteiger partial charge in [-0.15, -0.1) is 0 Å². The van der Waals surface area contributed by atoms with E-state index in [1.165, 1.54) is 25.9 Å². The van der Waals surface area contributed by atoms with Crippen LogP contribution in [0.3, 0.4) is 0 Å². The van der Waals surface area contributed by atoms with Crippen LogP contribution in [-0.2, 0) is 0 Å². The van der Waals surface area contributed by atoms with E-state index >= 15 is 0 Å². The third kappa shape index (κ3) is 5.52. The van der Waals surface area contributed by atoms with Crippen molar-refractivity contribution in [3.63, 3.8) is 0 Å². The molecular formula is C26H33ClN4O. The van der Waals surface area contributed by atoms with Crippen molar-refractivity contribution in [1.29, 1.82) is 0 Å². The molecule has 170 valence electrons. The Morgan fingerprint density at radius 3 is 2.62 bits per heavy atom. The van der Waals surface area contributed by atoms with Crippen LogP contribution in [0.25, 0.3) is 10.9 Å². The van der Waals surface area contributed by atoms with Crippen LogP contribution in [0.1, 0.15) is 48.7 Å². The van der Waals surface area contributed by atoms with Crippen LogP contribution < -0.4 is 10.6 Å². The zero-order chi connectivity index (χ0) is 22.5. The second kappa shape index (κ2) is 10.5. The lowest BCUT2D eigenvalue weighted by molar-refractivity contribution is 0.0935. The number of H-pyrrole nitrogens is 1. The summed E-state index contributed by atoms with van der Waals surface area (Å²) < 4.78 is 0. The van der Waals surface area contributed by atoms with Gasteiger partial charge < -0.3 is 20.5 Å². The van der Waals surface area contributed by atoms with E-state index in [2.05, 4.69) is 46.5 Å². The molecule has 1 aliphatic rings. The summed E-state index contributed by atoms with van der Waals surface area (Å²) in [7, 11) is 0. The van der Waals surface area contributed by atoms with Crippen molar-refractivity contribution >= 4 is 28.4 Å². The minimum absolute atomic E-state index is 0.0847. The maximum absolute atomic E-state index is 13.1. The Balaban J connectivity index is 1.38. The Bertz CT molecular complexity index is 1020. The van der Waals surface area contributed by atoms with E-state index in [1.807, 2.05) is 36.4 Å². The number of halogens is 1. The predicted octanol–water partition coefficient (Wildman–Crippen LogP) is 5.00. The average molecular weight is 453 g/mol. The topological polar surface area (TPSA) is 60.2 Å². The number of rotatable bonds is 8. The summed E-state index contributed by atoms with van der Waals surface area (Å²) in [5, 5.41) is 8.44. The lowest BCUT2D eigenvalue weighted by Gasteiger charge is -2.35. The van der Waals surface area contributed by atoms with Crippen LogP contribution in [0.5, 0.6) is 0 Å². The number of benzene rings is 2. The number of fused-ring (bicyclic) bond motifs is 1. The molecule has 1 atom stereocenters. The molecule has 5 nitrogen and oxygen atoms in total. The van der Waals surface area contributed by atoms with Gasteiger partial charge in [-0.1, -0.05) is 48.0 Å². The summed E-state index contributed by atoms with van der Waals surface area (Å²) in [6.07, 6.45) is 4.20. The summed E-state index contributed by atoms with van der Waals surface area (Å²) in [6, 6.07) is 16.3. The second-order valence-corrected chi connectivity index (χ2v) is 9.47. The molecule has 0 radical (unpaired) electrons. The van der Waals surface area contributed by atoms with Gasteiger partial charge >= 0.3 is 0 Å². The van der Waals surface area contributed by atoms with Gasteiger partial charge in [-0.05, 0) is 69.9 Å². The highest BCUT2D eigenvalue weighted by atomic mass is 35.5. The fourth-order valence-corrected chi connectivity index (χ4v) is 4.74. The number of nitrogens with one attached hydrogen (secondary N) is 3.